The molecule has 0 aromatic rings. The fraction of sp³-hybridized carbons (Fsp3) is 0.933. The highest BCUT2D eigenvalue weighted by molar-refractivity contribution is 7.89. The summed E-state index contributed by atoms with van der Waals surface area (Å²) >= 11 is 0. The van der Waals surface area contributed by atoms with Gasteiger partial charge >= 0.3 is 6.09 Å². The Morgan fingerprint density at radius 1 is 1.14 bits per heavy atom. The summed E-state index contributed by atoms with van der Waals surface area (Å²) in [5.41, 5.74) is -0.506. The summed E-state index contributed by atoms with van der Waals surface area (Å²) in [6, 6.07) is 0.0288. The number of hydrogen-bond donors (Lipinski definition) is 2. The van der Waals surface area contributed by atoms with Crippen LogP contribution in [0.25, 0.3) is 0 Å². The van der Waals surface area contributed by atoms with Crippen molar-refractivity contribution in [3.8, 4) is 0 Å². The number of hydrogen-bond acceptors (Lipinski definition) is 4. The van der Waals surface area contributed by atoms with Crippen molar-refractivity contribution < 1.29 is 17.9 Å². The second-order valence-corrected chi connectivity index (χ2v) is 9.29. The van der Waals surface area contributed by atoms with E-state index < -0.39 is 21.7 Å². The maximum atomic E-state index is 11.9. The highest BCUT2D eigenvalue weighted by Crippen LogP contribution is 2.20. The van der Waals surface area contributed by atoms with Crippen LogP contribution in [0.15, 0.2) is 0 Å². The lowest BCUT2D eigenvalue weighted by atomic mass is 9.92. The Bertz CT molecular complexity index is 460. The van der Waals surface area contributed by atoms with E-state index in [2.05, 4.69) is 10.0 Å². The largest absolute Gasteiger partial charge is 0.444 e. The SMILES string of the molecule is CC(C)CS(=O)(=O)N[C@H]1CC[C@H](NC(=O)OC(C)(C)C)CC1. The van der Waals surface area contributed by atoms with Crippen LogP contribution in [0.1, 0.15) is 60.3 Å². The number of sulfonamides is 1. The lowest BCUT2D eigenvalue weighted by Gasteiger charge is -2.30. The van der Waals surface area contributed by atoms with Crippen LogP contribution in [-0.2, 0) is 14.8 Å². The van der Waals surface area contributed by atoms with Gasteiger partial charge in [0, 0.05) is 12.1 Å². The van der Waals surface area contributed by atoms with E-state index in [1.54, 1.807) is 0 Å². The van der Waals surface area contributed by atoms with E-state index >= 15 is 0 Å². The third-order valence-corrected chi connectivity index (χ3v) is 5.14. The van der Waals surface area contributed by atoms with Gasteiger partial charge in [-0.15, -0.1) is 0 Å². The van der Waals surface area contributed by atoms with Crippen LogP contribution < -0.4 is 10.0 Å². The predicted molar refractivity (Wildman–Crippen MR) is 87.2 cm³/mol. The van der Waals surface area contributed by atoms with Gasteiger partial charge in [0.1, 0.15) is 5.60 Å². The molecule has 130 valence electrons. The van der Waals surface area contributed by atoms with Crippen molar-refractivity contribution in [2.24, 2.45) is 5.92 Å². The first-order chi connectivity index (χ1) is 9.97. The smallest absolute Gasteiger partial charge is 0.407 e. The van der Waals surface area contributed by atoms with Gasteiger partial charge in [-0.05, 0) is 52.4 Å². The predicted octanol–water partition coefficient (Wildman–Crippen LogP) is 2.40. The van der Waals surface area contributed by atoms with Gasteiger partial charge in [-0.25, -0.2) is 17.9 Å². The van der Waals surface area contributed by atoms with E-state index in [4.69, 9.17) is 4.74 Å². The molecular formula is C15H30N2O4S. The second kappa shape index (κ2) is 7.64. The molecule has 1 saturated carbocycles. The minimum Gasteiger partial charge on any atom is -0.444 e. The summed E-state index contributed by atoms with van der Waals surface area (Å²) in [4.78, 5) is 11.7. The Morgan fingerprint density at radius 2 is 1.64 bits per heavy atom. The van der Waals surface area contributed by atoms with Gasteiger partial charge in [0.15, 0.2) is 0 Å². The van der Waals surface area contributed by atoms with Gasteiger partial charge in [-0.1, -0.05) is 13.8 Å². The molecule has 0 unspecified atom stereocenters. The first kappa shape index (κ1) is 19.2. The topological polar surface area (TPSA) is 84.5 Å². The van der Waals surface area contributed by atoms with E-state index in [1.165, 1.54) is 0 Å². The molecule has 1 fully saturated rings. The zero-order chi connectivity index (χ0) is 17.0. The van der Waals surface area contributed by atoms with Crippen LogP contribution in [-0.4, -0.2) is 37.9 Å². The number of rotatable bonds is 5. The molecule has 0 saturated heterocycles. The van der Waals surface area contributed by atoms with Crippen molar-refractivity contribution in [2.75, 3.05) is 5.75 Å². The maximum Gasteiger partial charge on any atom is 0.407 e. The normalized spacial score (nSPS) is 23.4. The van der Waals surface area contributed by atoms with E-state index in [0.29, 0.717) is 0 Å². The number of alkyl carbamates (subject to hydrolysis) is 1. The maximum absolute atomic E-state index is 11.9. The molecule has 1 aliphatic rings. The fourth-order valence-corrected chi connectivity index (χ4v) is 4.29. The fourth-order valence-electron chi connectivity index (χ4n) is 2.57. The molecule has 0 aromatic heterocycles. The monoisotopic (exact) mass is 334 g/mol. The lowest BCUT2D eigenvalue weighted by molar-refractivity contribution is 0.0490. The summed E-state index contributed by atoms with van der Waals surface area (Å²) in [6.07, 6.45) is 2.58. The number of nitrogens with one attached hydrogen (secondary N) is 2. The third kappa shape index (κ3) is 7.98. The Kier molecular flexibility index (Phi) is 6.67. The Hall–Kier alpha value is -0.820. The van der Waals surface area contributed by atoms with Gasteiger partial charge in [-0.2, -0.15) is 0 Å². The molecular weight excluding hydrogens is 304 g/mol. The molecule has 7 heteroatoms. The number of amides is 1. The Morgan fingerprint density at radius 3 is 2.09 bits per heavy atom. The first-order valence-corrected chi connectivity index (χ1v) is 9.61. The zero-order valence-corrected chi connectivity index (χ0v) is 15.1. The van der Waals surface area contributed by atoms with Gasteiger partial charge in [0.05, 0.1) is 5.75 Å². The molecule has 1 aliphatic carbocycles. The molecule has 0 bridgehead atoms. The molecule has 0 spiro atoms. The molecule has 0 aromatic carbocycles. The van der Waals surface area contributed by atoms with Crippen molar-refractivity contribution in [2.45, 2.75) is 78.0 Å². The third-order valence-electron chi connectivity index (χ3n) is 3.35. The van der Waals surface area contributed by atoms with Gasteiger partial charge in [0.2, 0.25) is 10.0 Å². The molecule has 1 amide bonds. The minimum absolute atomic E-state index is 0.0274. The zero-order valence-electron chi connectivity index (χ0n) is 14.3. The van der Waals surface area contributed by atoms with Crippen molar-refractivity contribution >= 4 is 16.1 Å². The van der Waals surface area contributed by atoms with Crippen molar-refractivity contribution in [3.05, 3.63) is 0 Å². The molecule has 0 heterocycles. The standard InChI is InChI=1S/C15H30N2O4S/c1-11(2)10-22(19,20)17-13-8-6-12(7-9-13)16-14(18)21-15(3,4)5/h11-13,17H,6-10H2,1-5H3,(H,16,18)/t12-,13-. The van der Waals surface area contributed by atoms with E-state index in [0.717, 1.165) is 25.7 Å². The lowest BCUT2D eigenvalue weighted by Crippen LogP contribution is -2.45. The van der Waals surface area contributed by atoms with Crippen molar-refractivity contribution in [1.82, 2.24) is 10.0 Å². The van der Waals surface area contributed by atoms with E-state index in [9.17, 15) is 13.2 Å². The van der Waals surface area contributed by atoms with Crippen LogP contribution in [0.4, 0.5) is 4.79 Å². The Labute approximate surface area is 134 Å². The van der Waals surface area contributed by atoms with Crippen LogP contribution >= 0.6 is 0 Å². The van der Waals surface area contributed by atoms with Crippen LogP contribution in [0.5, 0.6) is 0 Å². The molecule has 2 N–H and O–H groups in total. The average Bonchev–Trinajstić information content (AvgIpc) is 2.26. The van der Waals surface area contributed by atoms with E-state index in [1.807, 2.05) is 34.6 Å². The number of ether oxygens (including phenoxy) is 1. The summed E-state index contributed by atoms with van der Waals surface area (Å²) in [6.45, 7) is 9.26. The summed E-state index contributed by atoms with van der Waals surface area (Å²) < 4.78 is 31.8. The van der Waals surface area contributed by atoms with Gasteiger partial charge in [0.25, 0.3) is 0 Å². The van der Waals surface area contributed by atoms with Crippen molar-refractivity contribution in [3.63, 3.8) is 0 Å². The quantitative estimate of drug-likeness (QED) is 0.808. The highest BCUT2D eigenvalue weighted by atomic mass is 32.2. The number of carbonyl (C=O) groups excluding carboxylic acids is 1. The molecule has 0 atom stereocenters. The summed E-state index contributed by atoms with van der Waals surface area (Å²) in [7, 11) is -3.21. The average molecular weight is 334 g/mol. The molecule has 6 nitrogen and oxygen atoms in total. The van der Waals surface area contributed by atoms with Crippen LogP contribution in [0, 0.1) is 5.92 Å². The van der Waals surface area contributed by atoms with Crippen LogP contribution in [0.2, 0.25) is 0 Å². The molecule has 0 aliphatic heterocycles. The van der Waals surface area contributed by atoms with Crippen LogP contribution in [0.3, 0.4) is 0 Å². The van der Waals surface area contributed by atoms with E-state index in [-0.39, 0.29) is 23.8 Å². The summed E-state index contributed by atoms with van der Waals surface area (Å²) in [5, 5.41) is 2.85. The molecule has 22 heavy (non-hydrogen) atoms. The van der Waals surface area contributed by atoms with Gasteiger partial charge in [-0.3, -0.25) is 0 Å². The number of carbonyl (C=O) groups is 1. The molecule has 1 rings (SSSR count). The summed E-state index contributed by atoms with van der Waals surface area (Å²) in [5.74, 6) is 0.269. The molecule has 0 radical (unpaired) electrons. The highest BCUT2D eigenvalue weighted by Gasteiger charge is 2.27. The first-order valence-electron chi connectivity index (χ1n) is 7.96. The van der Waals surface area contributed by atoms with Gasteiger partial charge < -0.3 is 10.1 Å². The van der Waals surface area contributed by atoms with Crippen molar-refractivity contribution in [1.29, 1.82) is 0 Å². The minimum atomic E-state index is -3.21. The Balaban J connectivity index is 2.36. The second-order valence-electron chi connectivity index (χ2n) is 7.49.